The lowest BCUT2D eigenvalue weighted by Crippen LogP contribution is -2.23. The van der Waals surface area contributed by atoms with Gasteiger partial charge < -0.3 is 10.2 Å². The highest BCUT2D eigenvalue weighted by atomic mass is 32.2. The monoisotopic (exact) mass is 491 g/mol. The van der Waals surface area contributed by atoms with Crippen LogP contribution in [0.3, 0.4) is 0 Å². The van der Waals surface area contributed by atoms with Crippen molar-refractivity contribution in [2.24, 2.45) is 0 Å². The van der Waals surface area contributed by atoms with Crippen LogP contribution in [0.15, 0.2) is 65.6 Å². The van der Waals surface area contributed by atoms with Crippen molar-refractivity contribution >= 4 is 38.9 Å². The maximum absolute atomic E-state index is 13.0. The summed E-state index contributed by atoms with van der Waals surface area (Å²) in [4.78, 5) is 26.5. The predicted molar refractivity (Wildman–Crippen MR) is 138 cm³/mol. The zero-order chi connectivity index (χ0) is 25.2. The first-order valence-corrected chi connectivity index (χ1v) is 13.0. The van der Waals surface area contributed by atoms with E-state index in [2.05, 4.69) is 10.0 Å². The predicted octanol–water partition coefficient (Wildman–Crippen LogP) is 4.72. The van der Waals surface area contributed by atoms with Gasteiger partial charge in [-0.15, -0.1) is 0 Å². The Morgan fingerprint density at radius 2 is 1.66 bits per heavy atom. The highest BCUT2D eigenvalue weighted by molar-refractivity contribution is 7.92. The number of hydrogen-bond acceptors (Lipinski definition) is 4. The van der Waals surface area contributed by atoms with Crippen molar-refractivity contribution in [2.75, 3.05) is 21.5 Å². The lowest BCUT2D eigenvalue weighted by atomic mass is 10.1. The maximum Gasteiger partial charge on any atom is 0.261 e. The van der Waals surface area contributed by atoms with E-state index in [4.69, 9.17) is 0 Å². The van der Waals surface area contributed by atoms with E-state index in [-0.39, 0.29) is 23.1 Å². The molecule has 4 rings (SSSR count). The Labute approximate surface area is 206 Å². The summed E-state index contributed by atoms with van der Waals surface area (Å²) in [6, 6.07) is 17.5. The van der Waals surface area contributed by atoms with Crippen molar-refractivity contribution < 1.29 is 18.0 Å². The first-order chi connectivity index (χ1) is 16.6. The van der Waals surface area contributed by atoms with Crippen molar-refractivity contribution in [1.82, 2.24) is 0 Å². The number of carbonyl (C=O) groups is 2. The summed E-state index contributed by atoms with van der Waals surface area (Å²) in [7, 11) is -3.83. The molecule has 7 nitrogen and oxygen atoms in total. The second-order valence-electron chi connectivity index (χ2n) is 8.94. The summed E-state index contributed by atoms with van der Waals surface area (Å²) in [5, 5.41) is 2.83. The minimum atomic E-state index is -3.83. The summed E-state index contributed by atoms with van der Waals surface area (Å²) in [5.74, 6) is -0.136. The molecule has 35 heavy (non-hydrogen) atoms. The molecule has 182 valence electrons. The average molecular weight is 492 g/mol. The van der Waals surface area contributed by atoms with Crippen LogP contribution in [0.4, 0.5) is 17.1 Å². The number of rotatable bonds is 7. The van der Waals surface area contributed by atoms with Crippen LogP contribution in [0.2, 0.25) is 0 Å². The standard InChI is InChI=1S/C27H29N3O4S/c1-18-6-13-24(20(3)15-18)29-35(33,34)23-12-7-19(2)25(17-23)28-26(31)16-21-8-10-22(11-9-21)30-14-4-5-27(30)32/h6-13,15,17,29H,4-5,14,16H2,1-3H3,(H,28,31). The van der Waals surface area contributed by atoms with E-state index in [1.54, 1.807) is 17.0 Å². The fourth-order valence-corrected chi connectivity index (χ4v) is 5.29. The fraction of sp³-hybridized carbons (Fsp3) is 0.259. The number of aryl methyl sites for hydroxylation is 3. The van der Waals surface area contributed by atoms with Crippen LogP contribution in [-0.2, 0) is 26.0 Å². The van der Waals surface area contributed by atoms with Gasteiger partial charge in [0, 0.05) is 24.3 Å². The molecule has 0 spiro atoms. The van der Waals surface area contributed by atoms with Gasteiger partial charge in [-0.3, -0.25) is 14.3 Å². The molecule has 2 N–H and O–H groups in total. The molecule has 0 bridgehead atoms. The molecule has 0 aromatic heterocycles. The van der Waals surface area contributed by atoms with E-state index in [1.807, 2.05) is 57.2 Å². The molecule has 1 heterocycles. The summed E-state index contributed by atoms with van der Waals surface area (Å²) in [6.45, 7) is 6.32. The van der Waals surface area contributed by atoms with Crippen LogP contribution < -0.4 is 14.9 Å². The van der Waals surface area contributed by atoms with Gasteiger partial charge in [0.15, 0.2) is 0 Å². The minimum absolute atomic E-state index is 0.0676. The van der Waals surface area contributed by atoms with Crippen molar-refractivity contribution in [2.45, 2.75) is 44.9 Å². The molecule has 1 saturated heterocycles. The molecule has 3 aromatic rings. The smallest absolute Gasteiger partial charge is 0.261 e. The zero-order valence-electron chi connectivity index (χ0n) is 20.1. The van der Waals surface area contributed by atoms with Crippen LogP contribution in [0.5, 0.6) is 0 Å². The number of hydrogen-bond donors (Lipinski definition) is 2. The first kappa shape index (κ1) is 24.5. The first-order valence-electron chi connectivity index (χ1n) is 11.5. The Kier molecular flexibility index (Phi) is 6.93. The molecule has 0 saturated carbocycles. The largest absolute Gasteiger partial charge is 0.326 e. The summed E-state index contributed by atoms with van der Waals surface area (Å²) < 4.78 is 28.6. The Hall–Kier alpha value is -3.65. The van der Waals surface area contributed by atoms with Crippen LogP contribution in [0.25, 0.3) is 0 Å². The second kappa shape index (κ2) is 9.92. The number of nitrogens with zero attached hydrogens (tertiary/aromatic N) is 1. The molecule has 1 aliphatic rings. The highest BCUT2D eigenvalue weighted by Crippen LogP contribution is 2.25. The van der Waals surface area contributed by atoms with Gasteiger partial charge in [-0.05, 0) is 74.2 Å². The van der Waals surface area contributed by atoms with Crippen molar-refractivity contribution in [3.05, 3.63) is 82.9 Å². The van der Waals surface area contributed by atoms with E-state index in [0.29, 0.717) is 17.8 Å². The van der Waals surface area contributed by atoms with Gasteiger partial charge in [-0.2, -0.15) is 0 Å². The normalized spacial score (nSPS) is 13.7. The Balaban J connectivity index is 1.45. The third-order valence-corrected chi connectivity index (χ3v) is 7.47. The van der Waals surface area contributed by atoms with Gasteiger partial charge in [0.25, 0.3) is 10.0 Å². The van der Waals surface area contributed by atoms with Crippen LogP contribution >= 0.6 is 0 Å². The quantitative estimate of drug-likeness (QED) is 0.500. The lowest BCUT2D eigenvalue weighted by Gasteiger charge is -2.16. The number of nitrogens with one attached hydrogen (secondary N) is 2. The molecule has 0 aliphatic carbocycles. The van der Waals surface area contributed by atoms with Crippen LogP contribution in [-0.4, -0.2) is 26.8 Å². The zero-order valence-corrected chi connectivity index (χ0v) is 20.9. The van der Waals surface area contributed by atoms with E-state index in [9.17, 15) is 18.0 Å². The Morgan fingerprint density at radius 3 is 2.31 bits per heavy atom. The SMILES string of the molecule is Cc1ccc(NS(=O)(=O)c2ccc(C)c(NC(=O)Cc3ccc(N4CCCC4=O)cc3)c2)c(C)c1. The van der Waals surface area contributed by atoms with E-state index >= 15 is 0 Å². The van der Waals surface area contributed by atoms with E-state index < -0.39 is 10.0 Å². The molecule has 0 radical (unpaired) electrons. The molecule has 1 aliphatic heterocycles. The van der Waals surface area contributed by atoms with Crippen LogP contribution in [0.1, 0.15) is 35.1 Å². The molecule has 3 aromatic carbocycles. The molecule has 2 amide bonds. The van der Waals surface area contributed by atoms with Crippen molar-refractivity contribution in [3.63, 3.8) is 0 Å². The highest BCUT2D eigenvalue weighted by Gasteiger charge is 2.21. The number of sulfonamides is 1. The average Bonchev–Trinajstić information content (AvgIpc) is 3.23. The second-order valence-corrected chi connectivity index (χ2v) is 10.6. The van der Waals surface area contributed by atoms with Gasteiger partial charge >= 0.3 is 0 Å². The summed E-state index contributed by atoms with van der Waals surface area (Å²) in [6.07, 6.45) is 1.56. The number of benzene rings is 3. The summed E-state index contributed by atoms with van der Waals surface area (Å²) in [5.41, 5.74) is 5.22. The summed E-state index contributed by atoms with van der Waals surface area (Å²) >= 11 is 0. The molecule has 0 unspecified atom stereocenters. The van der Waals surface area contributed by atoms with Gasteiger partial charge in [0.05, 0.1) is 17.0 Å². The third-order valence-electron chi connectivity index (χ3n) is 6.11. The fourth-order valence-electron chi connectivity index (χ4n) is 4.13. The molecule has 1 fully saturated rings. The molecular formula is C27H29N3O4S. The number of carbonyl (C=O) groups excluding carboxylic acids is 2. The van der Waals surface area contributed by atoms with Gasteiger partial charge in [-0.1, -0.05) is 35.9 Å². The van der Waals surface area contributed by atoms with E-state index in [1.165, 1.54) is 12.1 Å². The van der Waals surface area contributed by atoms with Gasteiger partial charge in [0.2, 0.25) is 11.8 Å². The third kappa shape index (κ3) is 5.71. The lowest BCUT2D eigenvalue weighted by molar-refractivity contribution is -0.117. The Bertz CT molecular complexity index is 1380. The molecular weight excluding hydrogens is 462 g/mol. The number of amides is 2. The molecule has 8 heteroatoms. The molecule has 0 atom stereocenters. The maximum atomic E-state index is 13.0. The number of anilines is 3. The minimum Gasteiger partial charge on any atom is -0.326 e. The van der Waals surface area contributed by atoms with E-state index in [0.717, 1.165) is 40.9 Å². The van der Waals surface area contributed by atoms with Gasteiger partial charge in [-0.25, -0.2) is 8.42 Å². The Morgan fingerprint density at radius 1 is 0.914 bits per heavy atom. The van der Waals surface area contributed by atoms with Crippen LogP contribution in [0, 0.1) is 20.8 Å². The topological polar surface area (TPSA) is 95.6 Å². The van der Waals surface area contributed by atoms with Gasteiger partial charge in [0.1, 0.15) is 0 Å². The van der Waals surface area contributed by atoms with Crippen molar-refractivity contribution in [3.8, 4) is 0 Å². The van der Waals surface area contributed by atoms with Crippen molar-refractivity contribution in [1.29, 1.82) is 0 Å².